The van der Waals surface area contributed by atoms with Crippen molar-refractivity contribution in [2.75, 3.05) is 12.4 Å². The number of carbonyl (C=O) groups is 2. The molecule has 3 N–H and O–H groups in total. The Morgan fingerprint density at radius 2 is 1.95 bits per heavy atom. The number of ether oxygens (including phenoxy) is 1. The van der Waals surface area contributed by atoms with Gasteiger partial charge in [-0.2, -0.15) is 0 Å². The lowest BCUT2D eigenvalue weighted by molar-refractivity contribution is -0.118. The molecule has 104 valence electrons. The highest BCUT2D eigenvalue weighted by molar-refractivity contribution is 5.97. The predicted octanol–water partition coefficient (Wildman–Crippen LogP) is 1.70. The fraction of sp³-hybridized carbons (Fsp3) is 0.429. The van der Waals surface area contributed by atoms with E-state index in [9.17, 15) is 9.59 Å². The van der Waals surface area contributed by atoms with E-state index < -0.39 is 12.0 Å². The second kappa shape index (κ2) is 6.33. The van der Waals surface area contributed by atoms with Crippen LogP contribution in [0.3, 0.4) is 0 Å². The number of hydrogen-bond donors (Lipinski definition) is 2. The Balaban J connectivity index is 2.91. The Bertz CT molecular complexity index is 484. The number of benzene rings is 1. The van der Waals surface area contributed by atoms with Crippen LogP contribution in [0.2, 0.25) is 0 Å². The van der Waals surface area contributed by atoms with E-state index in [1.807, 2.05) is 13.8 Å². The van der Waals surface area contributed by atoms with Crippen LogP contribution in [-0.2, 0) is 9.53 Å². The molecule has 0 aliphatic rings. The van der Waals surface area contributed by atoms with Gasteiger partial charge in [-0.3, -0.25) is 4.79 Å². The highest BCUT2D eigenvalue weighted by Gasteiger charge is 2.18. The number of hydrogen-bond acceptors (Lipinski definition) is 4. The maximum Gasteiger partial charge on any atom is 0.338 e. The highest BCUT2D eigenvalue weighted by atomic mass is 16.5. The highest BCUT2D eigenvalue weighted by Crippen LogP contribution is 2.17. The largest absolute Gasteiger partial charge is 0.465 e. The molecule has 0 aromatic heterocycles. The lowest BCUT2D eigenvalue weighted by Gasteiger charge is -2.16. The summed E-state index contributed by atoms with van der Waals surface area (Å²) >= 11 is 0. The van der Waals surface area contributed by atoms with Crippen molar-refractivity contribution in [1.29, 1.82) is 0 Å². The summed E-state index contributed by atoms with van der Waals surface area (Å²) in [5.74, 6) is -0.651. The molecule has 0 bridgehead atoms. The maximum atomic E-state index is 11.8. The average Bonchev–Trinajstić information content (AvgIpc) is 2.38. The zero-order valence-electron chi connectivity index (χ0n) is 11.7. The minimum atomic E-state index is -0.581. The van der Waals surface area contributed by atoms with Gasteiger partial charge in [-0.15, -0.1) is 0 Å². The summed E-state index contributed by atoms with van der Waals surface area (Å²) in [6, 6.07) is 4.49. The van der Waals surface area contributed by atoms with Gasteiger partial charge in [-0.1, -0.05) is 19.9 Å². The average molecular weight is 264 g/mol. The van der Waals surface area contributed by atoms with Gasteiger partial charge in [0.1, 0.15) is 0 Å². The molecule has 0 saturated heterocycles. The Morgan fingerprint density at radius 3 is 2.47 bits per heavy atom. The summed E-state index contributed by atoms with van der Waals surface area (Å²) in [4.78, 5) is 23.4. The van der Waals surface area contributed by atoms with Crippen LogP contribution in [0.5, 0.6) is 0 Å². The van der Waals surface area contributed by atoms with Crippen LogP contribution in [-0.4, -0.2) is 25.0 Å². The van der Waals surface area contributed by atoms with Crippen LogP contribution >= 0.6 is 0 Å². The molecule has 0 unspecified atom stereocenters. The fourth-order valence-electron chi connectivity index (χ4n) is 1.56. The molecule has 1 rings (SSSR count). The van der Waals surface area contributed by atoms with Gasteiger partial charge in [0.15, 0.2) is 0 Å². The molecule has 5 heteroatoms. The fourth-order valence-corrected chi connectivity index (χ4v) is 1.56. The number of rotatable bonds is 4. The molecular weight excluding hydrogens is 244 g/mol. The van der Waals surface area contributed by atoms with Crippen molar-refractivity contribution in [1.82, 2.24) is 0 Å². The molecule has 0 radical (unpaired) electrons. The first-order valence-electron chi connectivity index (χ1n) is 6.12. The van der Waals surface area contributed by atoms with Gasteiger partial charge >= 0.3 is 5.97 Å². The quantitative estimate of drug-likeness (QED) is 0.811. The number of carbonyl (C=O) groups excluding carboxylic acids is 2. The predicted molar refractivity (Wildman–Crippen MR) is 74.0 cm³/mol. The zero-order chi connectivity index (χ0) is 14.6. The van der Waals surface area contributed by atoms with Crippen molar-refractivity contribution in [3.05, 3.63) is 29.3 Å². The van der Waals surface area contributed by atoms with Gasteiger partial charge in [0, 0.05) is 5.69 Å². The van der Waals surface area contributed by atoms with Crippen LogP contribution in [0, 0.1) is 12.8 Å². The molecule has 0 spiro atoms. The number of nitrogens with two attached hydrogens (primary N) is 1. The number of aryl methyl sites for hydroxylation is 1. The van der Waals surface area contributed by atoms with Gasteiger partial charge < -0.3 is 15.8 Å². The van der Waals surface area contributed by atoms with Crippen molar-refractivity contribution in [3.63, 3.8) is 0 Å². The van der Waals surface area contributed by atoms with E-state index in [1.165, 1.54) is 7.11 Å². The van der Waals surface area contributed by atoms with E-state index in [-0.39, 0.29) is 11.8 Å². The topological polar surface area (TPSA) is 81.4 Å². The summed E-state index contributed by atoms with van der Waals surface area (Å²) in [6.45, 7) is 5.55. The van der Waals surface area contributed by atoms with E-state index in [2.05, 4.69) is 10.1 Å². The molecule has 0 heterocycles. The zero-order valence-corrected chi connectivity index (χ0v) is 11.7. The third kappa shape index (κ3) is 3.79. The van der Waals surface area contributed by atoms with E-state index in [1.54, 1.807) is 25.1 Å². The molecule has 0 fully saturated rings. The Morgan fingerprint density at radius 1 is 1.32 bits per heavy atom. The first kappa shape index (κ1) is 15.2. The molecule has 1 atom stereocenters. The van der Waals surface area contributed by atoms with E-state index in [0.717, 1.165) is 5.56 Å². The van der Waals surface area contributed by atoms with Crippen molar-refractivity contribution in [2.45, 2.75) is 26.8 Å². The maximum absolute atomic E-state index is 11.8. The molecule has 0 aliphatic heterocycles. The van der Waals surface area contributed by atoms with Gasteiger partial charge in [-0.05, 0) is 30.5 Å². The van der Waals surface area contributed by atoms with Crippen molar-refractivity contribution in [3.8, 4) is 0 Å². The number of nitrogens with one attached hydrogen (secondary N) is 1. The summed E-state index contributed by atoms with van der Waals surface area (Å²) < 4.78 is 4.69. The number of amides is 1. The van der Waals surface area contributed by atoms with Crippen molar-refractivity contribution < 1.29 is 14.3 Å². The third-order valence-corrected chi connectivity index (χ3v) is 2.93. The summed E-state index contributed by atoms with van der Waals surface area (Å²) in [5.41, 5.74) is 7.51. The first-order valence-corrected chi connectivity index (χ1v) is 6.12. The third-order valence-electron chi connectivity index (χ3n) is 2.93. The van der Waals surface area contributed by atoms with E-state index in [0.29, 0.717) is 11.3 Å². The normalized spacial score (nSPS) is 12.1. The molecule has 1 aromatic carbocycles. The minimum Gasteiger partial charge on any atom is -0.465 e. The molecule has 1 amide bonds. The van der Waals surface area contributed by atoms with Crippen LogP contribution in [0.25, 0.3) is 0 Å². The summed E-state index contributed by atoms with van der Waals surface area (Å²) in [7, 11) is 1.32. The Kier molecular flexibility index (Phi) is 5.06. The number of anilines is 1. The summed E-state index contributed by atoms with van der Waals surface area (Å²) in [6.07, 6.45) is 0. The van der Waals surface area contributed by atoms with Gasteiger partial charge in [0.2, 0.25) is 5.91 Å². The van der Waals surface area contributed by atoms with Crippen molar-refractivity contribution in [2.24, 2.45) is 11.7 Å². The molecule has 5 nitrogen and oxygen atoms in total. The van der Waals surface area contributed by atoms with Gasteiger partial charge in [0.25, 0.3) is 0 Å². The summed E-state index contributed by atoms with van der Waals surface area (Å²) in [5, 5.41) is 2.70. The monoisotopic (exact) mass is 264 g/mol. The molecule has 1 aromatic rings. The number of methoxy groups -OCH3 is 1. The minimum absolute atomic E-state index is 0.0468. The lowest BCUT2D eigenvalue weighted by atomic mass is 10.0. The second-order valence-electron chi connectivity index (χ2n) is 4.78. The molecule has 0 saturated carbocycles. The van der Waals surface area contributed by atoms with E-state index >= 15 is 0 Å². The van der Waals surface area contributed by atoms with Gasteiger partial charge in [-0.25, -0.2) is 4.79 Å². The smallest absolute Gasteiger partial charge is 0.338 e. The first-order chi connectivity index (χ1) is 8.86. The number of esters is 1. The van der Waals surface area contributed by atoms with E-state index in [4.69, 9.17) is 5.73 Å². The molecular formula is C14H20N2O3. The van der Waals surface area contributed by atoms with Crippen molar-refractivity contribution >= 4 is 17.6 Å². The van der Waals surface area contributed by atoms with Crippen LogP contribution < -0.4 is 11.1 Å². The standard InChI is InChI=1S/C14H20N2O3/c1-8(2)12(15)13(17)16-10-6-5-9(3)11(7-10)14(18)19-4/h5-8,12H,15H2,1-4H3,(H,16,17)/t12-/m0/s1. The van der Waals surface area contributed by atoms with Crippen LogP contribution in [0.4, 0.5) is 5.69 Å². The van der Waals surface area contributed by atoms with Gasteiger partial charge in [0.05, 0.1) is 18.7 Å². The Hall–Kier alpha value is -1.88. The van der Waals surface area contributed by atoms with Crippen LogP contribution in [0.15, 0.2) is 18.2 Å². The van der Waals surface area contributed by atoms with Crippen LogP contribution in [0.1, 0.15) is 29.8 Å². The SMILES string of the molecule is COC(=O)c1cc(NC(=O)[C@@H](N)C(C)C)ccc1C. The molecule has 0 aliphatic carbocycles. The molecule has 19 heavy (non-hydrogen) atoms. The second-order valence-corrected chi connectivity index (χ2v) is 4.78. The Labute approximate surface area is 113 Å². The lowest BCUT2D eigenvalue weighted by Crippen LogP contribution is -2.39.